The summed E-state index contributed by atoms with van der Waals surface area (Å²) in [5.74, 6) is 2.61. The maximum Gasteiger partial charge on any atom is 0.232 e. The molecule has 0 bridgehead atoms. The summed E-state index contributed by atoms with van der Waals surface area (Å²) in [6.07, 6.45) is 6.98. The van der Waals surface area contributed by atoms with Crippen LogP contribution in [0, 0.1) is 0 Å². The lowest BCUT2D eigenvalue weighted by Crippen LogP contribution is -2.31. The molecule has 4 rings (SSSR count). The fourth-order valence-electron chi connectivity index (χ4n) is 3.98. The Balaban J connectivity index is 1.35. The molecule has 2 aliphatic heterocycles. The van der Waals surface area contributed by atoms with Crippen molar-refractivity contribution in [2.45, 2.75) is 38.5 Å². The van der Waals surface area contributed by atoms with Gasteiger partial charge in [-0.3, -0.25) is 0 Å². The normalized spacial score (nSPS) is 16.3. The predicted octanol–water partition coefficient (Wildman–Crippen LogP) is 3.60. The summed E-state index contributed by atoms with van der Waals surface area (Å²) in [5, 5.41) is 7.09. The van der Waals surface area contributed by atoms with E-state index in [0.29, 0.717) is 11.1 Å². The molecule has 0 spiro atoms. The lowest BCUT2D eigenvalue weighted by Gasteiger charge is -2.22. The smallest absolute Gasteiger partial charge is 0.232 e. The molecule has 0 unspecified atom stereocenters. The zero-order valence-corrected chi connectivity index (χ0v) is 17.8. The van der Waals surface area contributed by atoms with Crippen molar-refractivity contribution >= 4 is 34.9 Å². The van der Waals surface area contributed by atoms with E-state index >= 15 is 0 Å². The molecular weight excluding hydrogens is 380 g/mol. The van der Waals surface area contributed by atoms with Gasteiger partial charge in [0.05, 0.1) is 0 Å². The molecule has 2 saturated heterocycles. The van der Waals surface area contributed by atoms with Crippen LogP contribution in [0.5, 0.6) is 0 Å². The van der Waals surface area contributed by atoms with Crippen LogP contribution in [0.25, 0.3) is 0 Å². The molecule has 0 atom stereocenters. The highest BCUT2D eigenvalue weighted by Gasteiger charge is 2.20. The van der Waals surface area contributed by atoms with Crippen molar-refractivity contribution in [1.29, 1.82) is 0 Å². The van der Waals surface area contributed by atoms with Gasteiger partial charge in [-0.25, -0.2) is 0 Å². The van der Waals surface area contributed by atoms with Gasteiger partial charge in [0.25, 0.3) is 0 Å². The van der Waals surface area contributed by atoms with Crippen molar-refractivity contribution in [2.75, 3.05) is 47.8 Å². The topological polar surface area (TPSA) is 56.3 Å². The fourth-order valence-corrected chi connectivity index (χ4v) is 4.17. The molecule has 1 aromatic carbocycles. The van der Waals surface area contributed by atoms with Crippen LogP contribution in [0.2, 0.25) is 0 Å². The Labute approximate surface area is 178 Å². The minimum absolute atomic E-state index is 0.587. The molecule has 3 heterocycles. The number of anilines is 3. The Bertz CT molecular complexity index is 766. The number of nitrogens with one attached hydrogen (secondary N) is 2. The predicted molar refractivity (Wildman–Crippen MR) is 124 cm³/mol. The number of aromatic nitrogens is 2. The van der Waals surface area contributed by atoms with Crippen LogP contribution in [0.15, 0.2) is 36.4 Å². The molecule has 154 valence electrons. The van der Waals surface area contributed by atoms with Crippen molar-refractivity contribution in [2.24, 2.45) is 0 Å². The number of rotatable bonds is 7. The second-order valence-electron chi connectivity index (χ2n) is 7.77. The third kappa shape index (κ3) is 5.56. The number of hydrogen-bond donors (Lipinski definition) is 2. The van der Waals surface area contributed by atoms with Gasteiger partial charge in [0.1, 0.15) is 11.6 Å². The van der Waals surface area contributed by atoms with Gasteiger partial charge in [-0.15, -0.1) is 0 Å². The summed E-state index contributed by atoms with van der Waals surface area (Å²) in [6.45, 7) is 5.10. The van der Waals surface area contributed by atoms with Gasteiger partial charge in [-0.05, 0) is 56.3 Å². The molecule has 0 radical (unpaired) electrons. The van der Waals surface area contributed by atoms with E-state index in [1.165, 1.54) is 31.2 Å². The minimum Gasteiger partial charge on any atom is -0.362 e. The Hall–Kier alpha value is -2.41. The largest absolute Gasteiger partial charge is 0.362 e. The van der Waals surface area contributed by atoms with E-state index in [9.17, 15) is 0 Å². The number of nitrogens with zero attached hydrogens (tertiary/aromatic N) is 4. The first-order valence-corrected chi connectivity index (χ1v) is 11.2. The molecular formula is C22H30N6S. The third-order valence-corrected chi connectivity index (χ3v) is 5.80. The van der Waals surface area contributed by atoms with Crippen LogP contribution < -0.4 is 20.4 Å². The van der Waals surface area contributed by atoms with Crippen LogP contribution in [0.1, 0.15) is 37.7 Å². The Morgan fingerprint density at radius 1 is 0.897 bits per heavy atom. The summed E-state index contributed by atoms with van der Waals surface area (Å²) in [6, 6.07) is 12.7. The number of benzene rings is 1. The van der Waals surface area contributed by atoms with Crippen molar-refractivity contribution in [1.82, 2.24) is 15.3 Å². The number of hydrogen-bond acceptors (Lipinski definition) is 5. The maximum atomic E-state index is 5.49. The van der Waals surface area contributed by atoms with Crippen LogP contribution in [-0.4, -0.2) is 47.8 Å². The molecule has 2 fully saturated rings. The maximum absolute atomic E-state index is 5.49. The van der Waals surface area contributed by atoms with Crippen LogP contribution in [0.4, 0.5) is 17.6 Å². The van der Waals surface area contributed by atoms with Crippen LogP contribution >= 0.6 is 12.2 Å². The van der Waals surface area contributed by atoms with Crippen molar-refractivity contribution in [3.8, 4) is 0 Å². The highest BCUT2D eigenvalue weighted by molar-refractivity contribution is 7.80. The first-order chi connectivity index (χ1) is 14.3. The van der Waals surface area contributed by atoms with Gasteiger partial charge in [0.15, 0.2) is 5.11 Å². The lowest BCUT2D eigenvalue weighted by atomic mass is 10.1. The van der Waals surface area contributed by atoms with Crippen LogP contribution in [0.3, 0.4) is 0 Å². The quantitative estimate of drug-likeness (QED) is 0.534. The SMILES string of the molecule is S=C(NCCCc1ccccc1)Nc1nc(N2CCCC2)cc(N2CCCC2)n1. The minimum atomic E-state index is 0.587. The van der Waals surface area contributed by atoms with Gasteiger partial charge in [0, 0.05) is 38.8 Å². The first-order valence-electron chi connectivity index (χ1n) is 10.8. The molecule has 2 N–H and O–H groups in total. The highest BCUT2D eigenvalue weighted by atomic mass is 32.1. The molecule has 0 aliphatic carbocycles. The Kier molecular flexibility index (Phi) is 6.77. The van der Waals surface area contributed by atoms with E-state index in [4.69, 9.17) is 22.2 Å². The molecule has 2 aliphatic rings. The van der Waals surface area contributed by atoms with Gasteiger partial charge in [0.2, 0.25) is 5.95 Å². The molecule has 29 heavy (non-hydrogen) atoms. The summed E-state index contributed by atoms with van der Waals surface area (Å²) in [4.78, 5) is 14.2. The van der Waals surface area contributed by atoms with Crippen molar-refractivity contribution in [3.05, 3.63) is 42.0 Å². The first kappa shape index (κ1) is 19.9. The summed E-state index contributed by atoms with van der Waals surface area (Å²) < 4.78 is 0. The van der Waals surface area contributed by atoms with E-state index in [2.05, 4.69) is 50.8 Å². The summed E-state index contributed by atoms with van der Waals surface area (Å²) in [5.41, 5.74) is 1.35. The van der Waals surface area contributed by atoms with E-state index in [1.807, 2.05) is 6.07 Å². The molecule has 6 nitrogen and oxygen atoms in total. The highest BCUT2D eigenvalue weighted by Crippen LogP contribution is 2.26. The third-order valence-electron chi connectivity index (χ3n) is 5.56. The number of thiocarbonyl (C=S) groups is 1. The molecule has 1 aromatic heterocycles. The van der Waals surface area contributed by atoms with E-state index in [0.717, 1.165) is 57.2 Å². The van der Waals surface area contributed by atoms with Gasteiger partial charge < -0.3 is 20.4 Å². The Morgan fingerprint density at radius 3 is 2.07 bits per heavy atom. The molecule has 7 heteroatoms. The molecule has 2 aromatic rings. The molecule has 0 amide bonds. The standard InChI is InChI=1S/C22H30N6S/c29-22(23-12-8-11-18-9-2-1-3-10-18)26-21-24-19(27-13-4-5-14-27)17-20(25-21)28-15-6-7-16-28/h1-3,9-10,17H,4-8,11-16H2,(H2,23,24,25,26,29). The van der Waals surface area contributed by atoms with Gasteiger partial charge in [-0.2, -0.15) is 9.97 Å². The summed E-state index contributed by atoms with van der Waals surface area (Å²) in [7, 11) is 0. The van der Waals surface area contributed by atoms with Gasteiger partial charge in [-0.1, -0.05) is 30.3 Å². The van der Waals surface area contributed by atoms with E-state index in [-0.39, 0.29) is 0 Å². The average molecular weight is 411 g/mol. The zero-order valence-electron chi connectivity index (χ0n) is 16.9. The van der Waals surface area contributed by atoms with Crippen molar-refractivity contribution in [3.63, 3.8) is 0 Å². The van der Waals surface area contributed by atoms with Crippen LogP contribution in [-0.2, 0) is 6.42 Å². The monoisotopic (exact) mass is 410 g/mol. The Morgan fingerprint density at radius 2 is 1.48 bits per heavy atom. The van der Waals surface area contributed by atoms with Gasteiger partial charge >= 0.3 is 0 Å². The fraction of sp³-hybridized carbons (Fsp3) is 0.500. The van der Waals surface area contributed by atoms with Crippen molar-refractivity contribution < 1.29 is 0 Å². The van der Waals surface area contributed by atoms with E-state index in [1.54, 1.807) is 0 Å². The summed E-state index contributed by atoms with van der Waals surface area (Å²) >= 11 is 5.49. The second kappa shape index (κ2) is 9.87. The van der Waals surface area contributed by atoms with E-state index < -0.39 is 0 Å². The average Bonchev–Trinajstić information content (AvgIpc) is 3.46. The zero-order chi connectivity index (χ0) is 19.9. The second-order valence-corrected chi connectivity index (χ2v) is 8.17. The molecule has 0 saturated carbocycles. The lowest BCUT2D eigenvalue weighted by molar-refractivity contribution is 0.777. The number of aryl methyl sites for hydroxylation is 1.